The van der Waals surface area contributed by atoms with E-state index >= 15 is 0 Å². The summed E-state index contributed by atoms with van der Waals surface area (Å²) in [5, 5.41) is 2.88. The first kappa shape index (κ1) is 13.1. The second-order valence-corrected chi connectivity index (χ2v) is 4.53. The second-order valence-electron chi connectivity index (χ2n) is 4.53. The first-order chi connectivity index (χ1) is 9.08. The van der Waals surface area contributed by atoms with Crippen molar-refractivity contribution in [2.75, 3.05) is 12.3 Å². The van der Waals surface area contributed by atoms with E-state index < -0.39 is 0 Å². The highest BCUT2D eigenvalue weighted by molar-refractivity contribution is 5.96. The largest absolute Gasteiger partial charge is 0.399 e. The van der Waals surface area contributed by atoms with Crippen molar-refractivity contribution in [3.05, 3.63) is 47.5 Å². The number of nitrogens with one attached hydrogen (secondary N) is 1. The van der Waals surface area contributed by atoms with Crippen LogP contribution in [0.15, 0.2) is 30.6 Å². The monoisotopic (exact) mass is 258 g/mol. The Labute approximate surface area is 112 Å². The SMILES string of the molecule is Cc1ccc(N)cc1C(=O)NCCc1nccn1C. The van der Waals surface area contributed by atoms with Crippen molar-refractivity contribution in [2.45, 2.75) is 13.3 Å². The molecule has 0 bridgehead atoms. The van der Waals surface area contributed by atoms with Crippen molar-refractivity contribution in [3.8, 4) is 0 Å². The van der Waals surface area contributed by atoms with Gasteiger partial charge in [-0.05, 0) is 24.6 Å². The van der Waals surface area contributed by atoms with Gasteiger partial charge in [0.1, 0.15) is 5.82 Å². The third-order valence-corrected chi connectivity index (χ3v) is 3.06. The van der Waals surface area contributed by atoms with E-state index in [1.807, 2.05) is 30.8 Å². The number of aryl methyl sites for hydroxylation is 2. The Hall–Kier alpha value is -2.30. The topological polar surface area (TPSA) is 72.9 Å². The lowest BCUT2D eigenvalue weighted by atomic mass is 10.1. The molecule has 0 atom stereocenters. The van der Waals surface area contributed by atoms with Crippen LogP contribution in [0.25, 0.3) is 0 Å². The molecular weight excluding hydrogens is 240 g/mol. The molecule has 2 aromatic rings. The Bertz CT molecular complexity index is 589. The number of imidazole rings is 1. The predicted molar refractivity (Wildman–Crippen MR) is 74.8 cm³/mol. The lowest BCUT2D eigenvalue weighted by Crippen LogP contribution is -2.27. The fourth-order valence-electron chi connectivity index (χ4n) is 1.90. The molecule has 2 rings (SSSR count). The third kappa shape index (κ3) is 3.13. The molecule has 0 fully saturated rings. The van der Waals surface area contributed by atoms with Crippen LogP contribution in [0.5, 0.6) is 0 Å². The number of benzene rings is 1. The number of anilines is 1. The van der Waals surface area contributed by atoms with Gasteiger partial charge in [0.15, 0.2) is 0 Å². The van der Waals surface area contributed by atoms with E-state index in [0.29, 0.717) is 24.2 Å². The summed E-state index contributed by atoms with van der Waals surface area (Å²) in [5.41, 5.74) is 7.84. The average Bonchev–Trinajstić information content (AvgIpc) is 2.78. The van der Waals surface area contributed by atoms with Crippen molar-refractivity contribution in [3.63, 3.8) is 0 Å². The zero-order valence-corrected chi connectivity index (χ0v) is 11.2. The highest BCUT2D eigenvalue weighted by Gasteiger charge is 2.09. The number of nitrogen functional groups attached to an aromatic ring is 1. The molecule has 1 heterocycles. The average molecular weight is 258 g/mol. The van der Waals surface area contributed by atoms with Gasteiger partial charge in [-0.25, -0.2) is 4.98 Å². The van der Waals surface area contributed by atoms with Crippen LogP contribution >= 0.6 is 0 Å². The molecule has 0 spiro atoms. The summed E-state index contributed by atoms with van der Waals surface area (Å²) in [5.74, 6) is 0.851. The van der Waals surface area contributed by atoms with Crippen LogP contribution < -0.4 is 11.1 Å². The van der Waals surface area contributed by atoms with Gasteiger partial charge in [0.2, 0.25) is 0 Å². The summed E-state index contributed by atoms with van der Waals surface area (Å²) in [6.45, 7) is 2.45. The van der Waals surface area contributed by atoms with Crippen molar-refractivity contribution >= 4 is 11.6 Å². The van der Waals surface area contributed by atoms with Gasteiger partial charge in [0, 0.05) is 43.7 Å². The normalized spacial score (nSPS) is 10.4. The highest BCUT2D eigenvalue weighted by Crippen LogP contribution is 2.12. The number of rotatable bonds is 4. The Morgan fingerprint density at radius 2 is 2.26 bits per heavy atom. The molecule has 1 aromatic carbocycles. The molecular formula is C14H18N4O. The molecule has 1 aromatic heterocycles. The minimum atomic E-state index is -0.0981. The maximum Gasteiger partial charge on any atom is 0.251 e. The Morgan fingerprint density at radius 1 is 1.47 bits per heavy atom. The first-order valence-electron chi connectivity index (χ1n) is 6.18. The van der Waals surface area contributed by atoms with Crippen LogP contribution in [0.4, 0.5) is 5.69 Å². The molecule has 1 amide bonds. The Kier molecular flexibility index (Phi) is 3.85. The van der Waals surface area contributed by atoms with Crippen LogP contribution in [-0.2, 0) is 13.5 Å². The van der Waals surface area contributed by atoms with E-state index in [4.69, 9.17) is 5.73 Å². The summed E-state index contributed by atoms with van der Waals surface area (Å²) >= 11 is 0. The van der Waals surface area contributed by atoms with E-state index in [1.54, 1.807) is 18.3 Å². The van der Waals surface area contributed by atoms with Crippen LogP contribution in [-0.4, -0.2) is 22.0 Å². The maximum atomic E-state index is 12.0. The van der Waals surface area contributed by atoms with Gasteiger partial charge in [0.05, 0.1) is 0 Å². The molecule has 0 saturated carbocycles. The third-order valence-electron chi connectivity index (χ3n) is 3.06. The van der Waals surface area contributed by atoms with Crippen LogP contribution in [0.3, 0.4) is 0 Å². The summed E-state index contributed by atoms with van der Waals surface area (Å²) in [6.07, 6.45) is 4.34. The van der Waals surface area contributed by atoms with Gasteiger partial charge < -0.3 is 15.6 Å². The minimum Gasteiger partial charge on any atom is -0.399 e. The standard InChI is InChI=1S/C14H18N4O/c1-10-3-4-11(15)9-12(10)14(19)17-6-5-13-16-7-8-18(13)2/h3-4,7-9H,5-6,15H2,1-2H3,(H,17,19). The molecule has 100 valence electrons. The van der Waals surface area contributed by atoms with Gasteiger partial charge in [-0.2, -0.15) is 0 Å². The van der Waals surface area contributed by atoms with E-state index in [9.17, 15) is 4.79 Å². The predicted octanol–water partition coefficient (Wildman–Crippen LogP) is 1.28. The number of nitrogens with zero attached hydrogens (tertiary/aromatic N) is 2. The Morgan fingerprint density at radius 3 is 2.95 bits per heavy atom. The molecule has 19 heavy (non-hydrogen) atoms. The fourth-order valence-corrected chi connectivity index (χ4v) is 1.90. The van der Waals surface area contributed by atoms with Gasteiger partial charge >= 0.3 is 0 Å². The van der Waals surface area contributed by atoms with Crippen molar-refractivity contribution < 1.29 is 4.79 Å². The molecule has 0 aliphatic heterocycles. The van der Waals surface area contributed by atoms with Crippen LogP contribution in [0.2, 0.25) is 0 Å². The number of aromatic nitrogens is 2. The zero-order chi connectivity index (χ0) is 13.8. The van der Waals surface area contributed by atoms with Gasteiger partial charge in [0.25, 0.3) is 5.91 Å². The van der Waals surface area contributed by atoms with Crippen LogP contribution in [0.1, 0.15) is 21.7 Å². The fraction of sp³-hybridized carbons (Fsp3) is 0.286. The second kappa shape index (κ2) is 5.56. The molecule has 0 saturated heterocycles. The number of carbonyl (C=O) groups is 1. The molecule has 0 radical (unpaired) electrons. The quantitative estimate of drug-likeness (QED) is 0.811. The molecule has 3 N–H and O–H groups in total. The lowest BCUT2D eigenvalue weighted by molar-refractivity contribution is 0.0953. The van der Waals surface area contributed by atoms with E-state index in [-0.39, 0.29) is 5.91 Å². The summed E-state index contributed by atoms with van der Waals surface area (Å²) < 4.78 is 1.94. The smallest absolute Gasteiger partial charge is 0.251 e. The van der Waals surface area contributed by atoms with E-state index in [0.717, 1.165) is 11.4 Å². The highest BCUT2D eigenvalue weighted by atomic mass is 16.1. The summed E-state index contributed by atoms with van der Waals surface area (Å²) in [6, 6.07) is 5.34. The number of nitrogens with two attached hydrogens (primary N) is 1. The number of hydrogen-bond acceptors (Lipinski definition) is 3. The van der Waals surface area contributed by atoms with E-state index in [1.165, 1.54) is 0 Å². The number of carbonyl (C=O) groups excluding carboxylic acids is 1. The first-order valence-corrected chi connectivity index (χ1v) is 6.18. The van der Waals surface area contributed by atoms with Gasteiger partial charge in [-0.15, -0.1) is 0 Å². The molecule has 0 unspecified atom stereocenters. The van der Waals surface area contributed by atoms with Crippen molar-refractivity contribution in [1.82, 2.24) is 14.9 Å². The van der Waals surface area contributed by atoms with E-state index in [2.05, 4.69) is 10.3 Å². The Balaban J connectivity index is 1.94. The summed E-state index contributed by atoms with van der Waals surface area (Å²) in [7, 11) is 1.94. The number of amides is 1. The minimum absolute atomic E-state index is 0.0981. The van der Waals surface area contributed by atoms with Gasteiger partial charge in [-0.1, -0.05) is 6.07 Å². The van der Waals surface area contributed by atoms with Crippen molar-refractivity contribution in [1.29, 1.82) is 0 Å². The van der Waals surface area contributed by atoms with Gasteiger partial charge in [-0.3, -0.25) is 4.79 Å². The molecule has 5 nitrogen and oxygen atoms in total. The summed E-state index contributed by atoms with van der Waals surface area (Å²) in [4.78, 5) is 16.2. The lowest BCUT2D eigenvalue weighted by Gasteiger charge is -2.08. The molecule has 0 aliphatic rings. The van der Waals surface area contributed by atoms with Crippen LogP contribution in [0, 0.1) is 6.92 Å². The number of hydrogen-bond donors (Lipinski definition) is 2. The molecule has 0 aliphatic carbocycles. The van der Waals surface area contributed by atoms with Crippen molar-refractivity contribution in [2.24, 2.45) is 7.05 Å². The zero-order valence-electron chi connectivity index (χ0n) is 11.2. The molecule has 5 heteroatoms. The maximum absolute atomic E-state index is 12.0.